The van der Waals surface area contributed by atoms with E-state index < -0.39 is 53.2 Å². The van der Waals surface area contributed by atoms with Gasteiger partial charge in [0.15, 0.2) is 6.61 Å². The van der Waals surface area contributed by atoms with Crippen LogP contribution in [0.1, 0.15) is 11.6 Å². The van der Waals surface area contributed by atoms with Gasteiger partial charge in [-0.3, -0.25) is 24.1 Å². The van der Waals surface area contributed by atoms with Gasteiger partial charge in [0.25, 0.3) is 11.8 Å². The molecular formula is C25H23N7O9S2. The maximum atomic E-state index is 13.4. The van der Waals surface area contributed by atoms with E-state index in [1.165, 1.54) is 52.5 Å². The topological polar surface area (TPSA) is 219 Å². The van der Waals surface area contributed by atoms with Crippen molar-refractivity contribution in [3.05, 3.63) is 69.9 Å². The first-order valence-corrected chi connectivity index (χ1v) is 14.5. The monoisotopic (exact) mass is 629 g/mol. The summed E-state index contributed by atoms with van der Waals surface area (Å²) in [6.07, 6.45) is 2.19. The molecule has 1 fully saturated rings. The fourth-order valence-electron chi connectivity index (χ4n) is 4.29. The van der Waals surface area contributed by atoms with E-state index in [4.69, 9.17) is 9.15 Å². The van der Waals surface area contributed by atoms with Crippen molar-refractivity contribution < 1.29 is 38.5 Å². The van der Waals surface area contributed by atoms with Crippen LogP contribution in [0.2, 0.25) is 0 Å². The maximum Gasteiger partial charge on any atom is 0.352 e. The van der Waals surface area contributed by atoms with E-state index in [-0.39, 0.29) is 34.3 Å². The van der Waals surface area contributed by atoms with Gasteiger partial charge in [0.05, 0.1) is 6.26 Å². The van der Waals surface area contributed by atoms with Gasteiger partial charge in [-0.25, -0.2) is 9.48 Å². The van der Waals surface area contributed by atoms with Crippen LogP contribution in [-0.4, -0.2) is 88.5 Å². The predicted octanol–water partition coefficient (Wildman–Crippen LogP) is -0.364. The quantitative estimate of drug-likeness (QED) is 0.157. The number of carboxylic acids is 1. The van der Waals surface area contributed by atoms with Crippen molar-refractivity contribution in [3.8, 4) is 11.5 Å². The first-order chi connectivity index (χ1) is 20.6. The number of carbonyl (C=O) groups is 4. The second-order valence-electron chi connectivity index (χ2n) is 9.19. The number of fused-ring (bicyclic) bond motifs is 1. The third-order valence-corrected chi connectivity index (χ3v) is 8.81. The predicted molar refractivity (Wildman–Crippen MR) is 149 cm³/mol. The molecule has 1 saturated heterocycles. The largest absolute Gasteiger partial charge is 0.508 e. The van der Waals surface area contributed by atoms with Crippen LogP contribution in [-0.2, 0) is 26.2 Å². The number of amides is 3. The van der Waals surface area contributed by atoms with Crippen LogP contribution >= 0.6 is 23.5 Å². The van der Waals surface area contributed by atoms with E-state index in [9.17, 15) is 34.2 Å². The number of aliphatic carboxylic acids is 1. The molecule has 3 aromatic rings. The molecule has 224 valence electrons. The number of carboxylic acid groups (broad SMARTS) is 1. The number of β-lactam (4-membered cyclic amide) rings is 1. The number of hydrogen-bond donors (Lipinski definition) is 4. The molecule has 2 aromatic heterocycles. The third-order valence-electron chi connectivity index (χ3n) is 6.37. The molecule has 16 nitrogen and oxygen atoms in total. The zero-order valence-corrected chi connectivity index (χ0v) is 23.8. The van der Waals surface area contributed by atoms with Gasteiger partial charge in [-0.15, -0.1) is 16.9 Å². The summed E-state index contributed by atoms with van der Waals surface area (Å²) in [6, 6.07) is 4.20. The molecule has 0 bridgehead atoms. The number of aromatic hydroxyl groups is 1. The molecule has 18 heteroatoms. The number of aromatic nitrogens is 4. The van der Waals surface area contributed by atoms with Gasteiger partial charge in [0.2, 0.25) is 22.2 Å². The average Bonchev–Trinajstić information content (AvgIpc) is 3.41. The highest BCUT2D eigenvalue weighted by molar-refractivity contribution is 8.01. The molecule has 2 unspecified atom stereocenters. The van der Waals surface area contributed by atoms with Crippen LogP contribution in [0.15, 0.2) is 68.5 Å². The Morgan fingerprint density at radius 1 is 1.23 bits per heavy atom. The lowest BCUT2D eigenvalue weighted by molar-refractivity contribution is -0.151. The molecule has 2 aliphatic heterocycles. The van der Waals surface area contributed by atoms with Crippen molar-refractivity contribution in [2.45, 2.75) is 22.6 Å². The van der Waals surface area contributed by atoms with Crippen molar-refractivity contribution in [2.75, 3.05) is 18.1 Å². The van der Waals surface area contributed by atoms with Crippen LogP contribution in [0, 0.1) is 0 Å². The maximum absolute atomic E-state index is 13.4. The summed E-state index contributed by atoms with van der Waals surface area (Å²) >= 11 is 2.51. The zero-order valence-electron chi connectivity index (χ0n) is 22.2. The molecule has 0 spiro atoms. The van der Waals surface area contributed by atoms with Crippen LogP contribution in [0.4, 0.5) is 0 Å². The molecule has 4 N–H and O–H groups in total. The lowest BCUT2D eigenvalue weighted by atomic mass is 10.0. The molecule has 0 aliphatic carbocycles. The molecule has 5 rings (SSSR count). The minimum atomic E-state index is -1.32. The Morgan fingerprint density at radius 3 is 2.67 bits per heavy atom. The Hall–Kier alpha value is -4.84. The van der Waals surface area contributed by atoms with E-state index in [0.29, 0.717) is 10.7 Å². The van der Waals surface area contributed by atoms with E-state index in [1.54, 1.807) is 7.05 Å². The highest BCUT2D eigenvalue weighted by atomic mass is 32.2. The first kappa shape index (κ1) is 29.6. The van der Waals surface area contributed by atoms with E-state index in [2.05, 4.69) is 26.2 Å². The summed E-state index contributed by atoms with van der Waals surface area (Å²) in [5, 5.41) is 35.7. The van der Waals surface area contributed by atoms with Crippen LogP contribution in [0.5, 0.6) is 11.5 Å². The van der Waals surface area contributed by atoms with Crippen molar-refractivity contribution in [1.82, 2.24) is 35.7 Å². The molecular weight excluding hydrogens is 606 g/mol. The van der Waals surface area contributed by atoms with Gasteiger partial charge in [-0.2, -0.15) is 0 Å². The Labute approximate surface area is 250 Å². The Bertz CT molecular complexity index is 1660. The lowest BCUT2D eigenvalue weighted by Gasteiger charge is -2.49. The molecule has 3 amide bonds. The van der Waals surface area contributed by atoms with Crippen molar-refractivity contribution in [2.24, 2.45) is 7.05 Å². The number of aryl methyl sites for hydroxylation is 1. The number of phenolic OH excluding ortho intramolecular Hbond substituents is 1. The van der Waals surface area contributed by atoms with Crippen LogP contribution in [0.3, 0.4) is 0 Å². The smallest absolute Gasteiger partial charge is 0.352 e. The van der Waals surface area contributed by atoms with Crippen molar-refractivity contribution in [3.63, 3.8) is 0 Å². The fourth-order valence-corrected chi connectivity index (χ4v) is 6.62. The number of rotatable bonds is 11. The molecule has 4 heterocycles. The second-order valence-corrected chi connectivity index (χ2v) is 11.2. The van der Waals surface area contributed by atoms with E-state index >= 15 is 0 Å². The van der Waals surface area contributed by atoms with Gasteiger partial charge in [0, 0.05) is 24.6 Å². The number of thioether (sulfide) groups is 2. The molecule has 0 radical (unpaired) electrons. The number of benzene rings is 1. The van der Waals surface area contributed by atoms with E-state index in [1.807, 2.05) is 0 Å². The molecule has 2 aliphatic rings. The third kappa shape index (κ3) is 6.33. The Balaban J connectivity index is 1.28. The highest BCUT2D eigenvalue weighted by Crippen LogP contribution is 2.41. The normalized spacial score (nSPS) is 18.3. The van der Waals surface area contributed by atoms with Crippen molar-refractivity contribution >= 4 is 47.2 Å². The van der Waals surface area contributed by atoms with Crippen LogP contribution < -0.4 is 20.8 Å². The standard InChI is InChI=1S/C25H23N7O9S2/c1-31-25(28-29-30-31)43-11-13-10-42-23-19(22(37)32(23)20(13)24(38)39)27-21(36)18(12-2-4-14(33)5-3-12)26-17(35)9-41-16-8-40-7-6-15(16)34/h2-8,18-19,23,33H,9-11H2,1H3,(H,26,35)(H,27,36)(H,38,39)/t18?,19?,23-/m0/s1. The molecule has 1 aromatic carbocycles. The molecule has 3 atom stereocenters. The lowest BCUT2D eigenvalue weighted by Crippen LogP contribution is -2.71. The Morgan fingerprint density at radius 2 is 2.00 bits per heavy atom. The minimum Gasteiger partial charge on any atom is -0.508 e. The number of carbonyl (C=O) groups excluding carboxylic acids is 3. The van der Waals surface area contributed by atoms with Crippen molar-refractivity contribution in [1.29, 1.82) is 0 Å². The summed E-state index contributed by atoms with van der Waals surface area (Å²) in [5.74, 6) is -3.19. The Kier molecular flexibility index (Phi) is 8.67. The zero-order chi connectivity index (χ0) is 30.7. The van der Waals surface area contributed by atoms with Gasteiger partial charge in [0.1, 0.15) is 35.2 Å². The second kappa shape index (κ2) is 12.6. The van der Waals surface area contributed by atoms with Crippen LogP contribution in [0.25, 0.3) is 0 Å². The van der Waals surface area contributed by atoms with E-state index in [0.717, 1.165) is 23.5 Å². The average molecular weight is 630 g/mol. The number of tetrazole rings is 1. The van der Waals surface area contributed by atoms with Gasteiger partial charge in [-0.05, 0) is 33.7 Å². The number of nitrogens with zero attached hydrogens (tertiary/aromatic N) is 5. The number of phenols is 1. The van der Waals surface area contributed by atoms with Gasteiger partial charge >= 0.3 is 5.97 Å². The summed E-state index contributed by atoms with van der Waals surface area (Å²) in [5.41, 5.74) is 0.118. The minimum absolute atomic E-state index is 0.0748. The SMILES string of the molecule is Cn1nnnc1SCC1=C(C(=O)O)N2C(=O)C(NC(=O)C(NC(=O)COc3coccc3=O)c3ccc(O)cc3)[C@@H]2SC1. The molecule has 43 heavy (non-hydrogen) atoms. The highest BCUT2D eigenvalue weighted by Gasteiger charge is 2.54. The van der Waals surface area contributed by atoms with Gasteiger partial charge in [-0.1, -0.05) is 23.9 Å². The summed E-state index contributed by atoms with van der Waals surface area (Å²) in [6.45, 7) is -0.622. The number of hydrogen-bond acceptors (Lipinski definition) is 13. The fraction of sp³-hybridized carbons (Fsp3) is 0.280. The number of nitrogens with one attached hydrogen (secondary N) is 2. The number of ether oxygens (including phenoxy) is 1. The summed E-state index contributed by atoms with van der Waals surface area (Å²) in [4.78, 5) is 64.4. The summed E-state index contributed by atoms with van der Waals surface area (Å²) < 4.78 is 11.5. The summed E-state index contributed by atoms with van der Waals surface area (Å²) in [7, 11) is 1.65. The molecule has 0 saturated carbocycles. The van der Waals surface area contributed by atoms with Gasteiger partial charge < -0.3 is 30.0 Å². The first-order valence-electron chi connectivity index (χ1n) is 12.5.